The zero-order valence-electron chi connectivity index (χ0n) is 16.3. The van der Waals surface area contributed by atoms with Gasteiger partial charge in [0.15, 0.2) is 0 Å². The van der Waals surface area contributed by atoms with Crippen LogP contribution < -0.4 is 4.90 Å². The highest BCUT2D eigenvalue weighted by Crippen LogP contribution is 2.32. The minimum Gasteiger partial charge on any atom is -0.266 e. The number of hydrogen-bond acceptors (Lipinski definition) is 2. The van der Waals surface area contributed by atoms with E-state index in [2.05, 4.69) is 34.1 Å². The minimum atomic E-state index is -0.180. The van der Waals surface area contributed by atoms with Crippen LogP contribution in [0.3, 0.4) is 0 Å². The number of aliphatic imine (C=N–C) groups is 1. The first kappa shape index (κ1) is 19.7. The molecule has 0 saturated carbocycles. The summed E-state index contributed by atoms with van der Waals surface area (Å²) >= 11 is 9.67. The predicted octanol–water partition coefficient (Wildman–Crippen LogP) is 7.09. The first-order valence-electron chi connectivity index (χ1n) is 9.75. The van der Waals surface area contributed by atoms with Crippen molar-refractivity contribution in [1.29, 1.82) is 0 Å². The topological polar surface area (TPSA) is 32.7 Å². The molecule has 1 aliphatic heterocycles. The van der Waals surface area contributed by atoms with Crippen molar-refractivity contribution in [2.24, 2.45) is 4.99 Å². The SMILES string of the molecule is O=C1/C(=C\c2cccc3ccccc23)N=C(c2ccccc2Br)N1c1ccc(Cl)cc1. The molecule has 0 aromatic heterocycles. The first-order valence-corrected chi connectivity index (χ1v) is 10.9. The summed E-state index contributed by atoms with van der Waals surface area (Å²) in [5.74, 6) is 0.396. The number of amidine groups is 1. The van der Waals surface area contributed by atoms with Gasteiger partial charge in [-0.15, -0.1) is 0 Å². The highest BCUT2D eigenvalue weighted by atomic mass is 79.9. The molecule has 0 saturated heterocycles. The molecule has 4 aromatic carbocycles. The van der Waals surface area contributed by atoms with E-state index in [9.17, 15) is 4.79 Å². The van der Waals surface area contributed by atoms with Crippen molar-refractivity contribution in [2.75, 3.05) is 4.90 Å². The van der Waals surface area contributed by atoms with E-state index in [1.807, 2.05) is 66.7 Å². The van der Waals surface area contributed by atoms with Crippen LogP contribution in [0.5, 0.6) is 0 Å². The Bertz CT molecular complexity index is 1370. The summed E-state index contributed by atoms with van der Waals surface area (Å²) < 4.78 is 0.868. The monoisotopic (exact) mass is 486 g/mol. The highest BCUT2D eigenvalue weighted by Gasteiger charge is 2.33. The number of fused-ring (bicyclic) bond motifs is 1. The number of nitrogens with zero attached hydrogens (tertiary/aromatic N) is 2. The molecule has 0 unspecified atom stereocenters. The largest absolute Gasteiger partial charge is 0.282 e. The molecule has 1 heterocycles. The first-order chi connectivity index (χ1) is 15.1. The van der Waals surface area contributed by atoms with Gasteiger partial charge in [-0.3, -0.25) is 9.69 Å². The average molecular weight is 488 g/mol. The van der Waals surface area contributed by atoms with Crippen molar-refractivity contribution in [3.8, 4) is 0 Å². The number of hydrogen-bond donors (Lipinski definition) is 0. The Labute approximate surface area is 193 Å². The zero-order chi connectivity index (χ0) is 21.4. The van der Waals surface area contributed by atoms with Crippen molar-refractivity contribution in [1.82, 2.24) is 0 Å². The third-order valence-corrected chi connectivity index (χ3v) is 6.12. The van der Waals surface area contributed by atoms with Gasteiger partial charge in [-0.2, -0.15) is 0 Å². The summed E-state index contributed by atoms with van der Waals surface area (Å²) in [7, 11) is 0. The van der Waals surface area contributed by atoms with Crippen molar-refractivity contribution >= 4 is 61.8 Å². The standard InChI is InChI=1S/C26H16BrClN2O/c27-23-11-4-3-10-22(23)25-29-24(26(31)30(25)20-14-12-19(28)13-15-20)16-18-8-5-7-17-6-1-2-9-21(17)18/h1-16H/b24-16+. The fourth-order valence-electron chi connectivity index (χ4n) is 3.69. The van der Waals surface area contributed by atoms with Crippen LogP contribution >= 0.6 is 27.5 Å². The highest BCUT2D eigenvalue weighted by molar-refractivity contribution is 9.10. The molecule has 5 heteroatoms. The van der Waals surface area contributed by atoms with Gasteiger partial charge in [0, 0.05) is 15.1 Å². The third kappa shape index (κ3) is 3.69. The quantitative estimate of drug-likeness (QED) is 0.284. The van der Waals surface area contributed by atoms with Crippen LogP contribution in [-0.2, 0) is 4.79 Å². The molecular weight excluding hydrogens is 472 g/mol. The van der Waals surface area contributed by atoms with Gasteiger partial charge in [-0.25, -0.2) is 4.99 Å². The number of carbonyl (C=O) groups is 1. The van der Waals surface area contributed by atoms with E-state index >= 15 is 0 Å². The molecule has 1 aliphatic rings. The number of halogens is 2. The normalized spacial score (nSPS) is 15.0. The van der Waals surface area contributed by atoms with Gasteiger partial charge >= 0.3 is 0 Å². The van der Waals surface area contributed by atoms with Gasteiger partial charge in [0.25, 0.3) is 5.91 Å². The molecule has 0 radical (unpaired) electrons. The van der Waals surface area contributed by atoms with Crippen LogP contribution in [0.2, 0.25) is 5.02 Å². The molecule has 0 aliphatic carbocycles. The van der Waals surface area contributed by atoms with Crippen molar-refractivity contribution in [3.05, 3.63) is 117 Å². The Balaban J connectivity index is 1.68. The maximum absolute atomic E-state index is 13.5. The Morgan fingerprint density at radius 2 is 1.55 bits per heavy atom. The average Bonchev–Trinajstić information content (AvgIpc) is 3.11. The molecule has 31 heavy (non-hydrogen) atoms. The molecule has 150 valence electrons. The van der Waals surface area contributed by atoms with Gasteiger partial charge in [0.05, 0.1) is 5.69 Å². The third-order valence-electron chi connectivity index (χ3n) is 5.18. The lowest BCUT2D eigenvalue weighted by molar-refractivity contribution is -0.113. The number of anilines is 1. The molecule has 0 spiro atoms. The lowest BCUT2D eigenvalue weighted by atomic mass is 10.0. The summed E-state index contributed by atoms with van der Waals surface area (Å²) in [5, 5.41) is 2.81. The van der Waals surface area contributed by atoms with Gasteiger partial charge in [0.1, 0.15) is 11.5 Å². The van der Waals surface area contributed by atoms with Crippen molar-refractivity contribution < 1.29 is 4.79 Å². The fourth-order valence-corrected chi connectivity index (χ4v) is 4.28. The molecule has 0 fully saturated rings. The molecule has 0 atom stereocenters. The Hall–Kier alpha value is -3.21. The second-order valence-electron chi connectivity index (χ2n) is 7.13. The van der Waals surface area contributed by atoms with Gasteiger partial charge < -0.3 is 0 Å². The Morgan fingerprint density at radius 1 is 0.839 bits per heavy atom. The number of rotatable bonds is 3. The Morgan fingerprint density at radius 3 is 2.35 bits per heavy atom. The fraction of sp³-hybridized carbons (Fsp3) is 0. The van der Waals surface area contributed by atoms with Crippen molar-refractivity contribution in [3.63, 3.8) is 0 Å². The smallest absolute Gasteiger partial charge is 0.266 e. The molecule has 0 N–H and O–H groups in total. The molecule has 4 aromatic rings. The van der Waals surface area contributed by atoms with E-state index in [-0.39, 0.29) is 5.91 Å². The molecule has 0 bridgehead atoms. The summed E-state index contributed by atoms with van der Waals surface area (Å²) in [5.41, 5.74) is 2.89. The van der Waals surface area contributed by atoms with Crippen LogP contribution in [0.1, 0.15) is 11.1 Å². The molecule has 1 amide bonds. The van der Waals surface area contributed by atoms with E-state index < -0.39 is 0 Å². The van der Waals surface area contributed by atoms with Crippen LogP contribution in [0.4, 0.5) is 5.69 Å². The summed E-state index contributed by atoms with van der Waals surface area (Å²) in [6.45, 7) is 0. The predicted molar refractivity (Wildman–Crippen MR) is 132 cm³/mol. The molecule has 3 nitrogen and oxygen atoms in total. The Kier molecular flexibility index (Phi) is 5.18. The second-order valence-corrected chi connectivity index (χ2v) is 8.42. The maximum atomic E-state index is 13.5. The van der Waals surface area contributed by atoms with E-state index in [1.165, 1.54) is 0 Å². The van der Waals surface area contributed by atoms with E-state index in [4.69, 9.17) is 16.6 Å². The lowest BCUT2D eigenvalue weighted by Gasteiger charge is -2.19. The van der Waals surface area contributed by atoms with E-state index in [0.29, 0.717) is 22.2 Å². The molecular formula is C26H16BrClN2O. The van der Waals surface area contributed by atoms with Gasteiger partial charge in [-0.05, 0) is 52.7 Å². The van der Waals surface area contributed by atoms with Gasteiger partial charge in [-0.1, -0.05) is 88.2 Å². The van der Waals surface area contributed by atoms with Crippen LogP contribution in [0.25, 0.3) is 16.8 Å². The second kappa shape index (κ2) is 8.14. The van der Waals surface area contributed by atoms with Gasteiger partial charge in [0.2, 0.25) is 0 Å². The summed E-state index contributed by atoms with van der Waals surface area (Å²) in [4.78, 5) is 19.9. The van der Waals surface area contributed by atoms with E-state index in [0.717, 1.165) is 26.4 Å². The van der Waals surface area contributed by atoms with Crippen LogP contribution in [-0.4, -0.2) is 11.7 Å². The zero-order valence-corrected chi connectivity index (χ0v) is 18.6. The maximum Gasteiger partial charge on any atom is 0.282 e. The van der Waals surface area contributed by atoms with Crippen molar-refractivity contribution in [2.45, 2.75) is 0 Å². The minimum absolute atomic E-state index is 0.180. The van der Waals surface area contributed by atoms with Crippen LogP contribution in [0, 0.1) is 0 Å². The number of amides is 1. The van der Waals surface area contributed by atoms with Crippen LogP contribution in [0.15, 0.2) is 106 Å². The molecule has 5 rings (SSSR count). The number of benzene rings is 4. The lowest BCUT2D eigenvalue weighted by Crippen LogP contribution is -2.32. The summed E-state index contributed by atoms with van der Waals surface area (Å²) in [6.07, 6.45) is 1.86. The van der Waals surface area contributed by atoms with E-state index in [1.54, 1.807) is 17.0 Å². The number of carbonyl (C=O) groups excluding carboxylic acids is 1. The summed E-state index contributed by atoms with van der Waals surface area (Å²) in [6, 6.07) is 29.1.